The van der Waals surface area contributed by atoms with Crippen molar-refractivity contribution in [2.75, 3.05) is 18.1 Å². The molecule has 1 saturated heterocycles. The van der Waals surface area contributed by atoms with E-state index in [2.05, 4.69) is 19.6 Å². The highest BCUT2D eigenvalue weighted by Gasteiger charge is 2.30. The van der Waals surface area contributed by atoms with Crippen molar-refractivity contribution in [3.63, 3.8) is 0 Å². The fourth-order valence-electron chi connectivity index (χ4n) is 1.92. The summed E-state index contributed by atoms with van der Waals surface area (Å²) in [4.78, 5) is 14.0. The molecule has 1 amide bonds. The molecule has 0 aliphatic carbocycles. The van der Waals surface area contributed by atoms with Crippen LogP contribution in [0.25, 0.3) is 0 Å². The number of thiocarbonyl (C=S) groups is 1. The number of carbonyl (C=O) groups excluding carboxylic acids is 1. The van der Waals surface area contributed by atoms with Crippen LogP contribution in [0.15, 0.2) is 23.2 Å². The van der Waals surface area contributed by atoms with Gasteiger partial charge in [0.1, 0.15) is 4.32 Å². The Hall–Kier alpha value is -0.573. The maximum absolute atomic E-state index is 12.5. The summed E-state index contributed by atoms with van der Waals surface area (Å²) in [5.41, 5.74) is 0.155. The Morgan fingerprint density at radius 3 is 2.82 bits per heavy atom. The van der Waals surface area contributed by atoms with Crippen molar-refractivity contribution in [1.82, 2.24) is 4.90 Å². The fraction of sp³-hybridized carbons (Fsp3) is 0.500. The first-order chi connectivity index (χ1) is 10.3. The normalized spacial score (nSPS) is 15.4. The number of rotatable bonds is 5. The van der Waals surface area contributed by atoms with E-state index in [1.54, 1.807) is 18.2 Å². The molecule has 4 nitrogen and oxygen atoms in total. The topological polar surface area (TPSA) is 47.2 Å². The van der Waals surface area contributed by atoms with Crippen LogP contribution in [0.5, 0.6) is 0 Å². The largest absolute Gasteiger partial charge is 0.617 e. The predicted molar refractivity (Wildman–Crippen MR) is 100 cm³/mol. The second-order valence-corrected chi connectivity index (χ2v) is 14.7. The maximum Gasteiger partial charge on any atom is 0.325 e. The van der Waals surface area contributed by atoms with Gasteiger partial charge in [0.25, 0.3) is 10.7 Å². The van der Waals surface area contributed by atoms with Crippen LogP contribution in [0.4, 0.5) is 0 Å². The van der Waals surface area contributed by atoms with Crippen molar-refractivity contribution in [2.24, 2.45) is 0 Å². The summed E-state index contributed by atoms with van der Waals surface area (Å²) in [6.45, 7) is 7.51. The minimum absolute atomic E-state index is 0.155. The average molecular weight is 373 g/mol. The zero-order valence-electron chi connectivity index (χ0n) is 13.0. The van der Waals surface area contributed by atoms with E-state index in [4.69, 9.17) is 12.2 Å². The van der Waals surface area contributed by atoms with E-state index in [1.807, 2.05) is 0 Å². The lowest BCUT2D eigenvalue weighted by Crippen LogP contribution is -2.43. The Morgan fingerprint density at radius 1 is 1.50 bits per heavy atom. The Labute approximate surface area is 146 Å². The zero-order valence-corrected chi connectivity index (χ0v) is 16.4. The first-order valence-corrected chi connectivity index (χ1v) is 13.2. The summed E-state index contributed by atoms with van der Waals surface area (Å²) in [5.74, 6) is 1.42. The van der Waals surface area contributed by atoms with Crippen LogP contribution in [-0.4, -0.2) is 41.3 Å². The lowest BCUT2D eigenvalue weighted by Gasteiger charge is -2.16. The summed E-state index contributed by atoms with van der Waals surface area (Å²) in [6.07, 6.45) is 0. The molecule has 1 aliphatic heterocycles. The monoisotopic (exact) mass is 372 g/mol. The third-order valence-electron chi connectivity index (χ3n) is 3.24. The molecule has 120 valence electrons. The Balaban J connectivity index is 2.12. The fourth-order valence-corrected chi connectivity index (χ4v) is 6.58. The first kappa shape index (κ1) is 17.8. The van der Waals surface area contributed by atoms with Gasteiger partial charge in [-0.2, -0.15) is 4.73 Å². The highest BCUT2D eigenvalue weighted by Crippen LogP contribution is 2.22. The second kappa shape index (κ2) is 7.33. The van der Waals surface area contributed by atoms with Crippen molar-refractivity contribution < 1.29 is 9.52 Å². The van der Waals surface area contributed by atoms with Gasteiger partial charge < -0.3 is 5.21 Å². The molecule has 22 heavy (non-hydrogen) atoms. The van der Waals surface area contributed by atoms with Gasteiger partial charge in [0.2, 0.25) is 0 Å². The number of hydrogen-bond acceptors (Lipinski definition) is 5. The van der Waals surface area contributed by atoms with Crippen LogP contribution in [0.3, 0.4) is 0 Å². The van der Waals surface area contributed by atoms with Crippen molar-refractivity contribution in [1.29, 1.82) is 0 Å². The van der Waals surface area contributed by atoms with Gasteiger partial charge >= 0.3 is 5.91 Å². The predicted octanol–water partition coefficient (Wildman–Crippen LogP) is 3.22. The van der Waals surface area contributed by atoms with Gasteiger partial charge in [0.15, 0.2) is 0 Å². The lowest BCUT2D eigenvalue weighted by molar-refractivity contribution is -0.647. The molecule has 0 radical (unpaired) electrons. The van der Waals surface area contributed by atoms with Gasteiger partial charge in [0, 0.05) is 38.3 Å². The third kappa shape index (κ3) is 4.47. The number of carbonyl (C=O) groups is 1. The van der Waals surface area contributed by atoms with E-state index in [0.29, 0.717) is 15.9 Å². The number of aromatic nitrogens is 1. The molecule has 0 spiro atoms. The summed E-state index contributed by atoms with van der Waals surface area (Å²) >= 11 is 8.16. The molecular formula is C14H20N2O2S3Si. The third-order valence-corrected chi connectivity index (χ3v) is 7.79. The smallest absolute Gasteiger partial charge is 0.325 e. The molecule has 1 fully saturated rings. The van der Waals surface area contributed by atoms with Gasteiger partial charge in [-0.25, -0.2) is 0 Å². The average Bonchev–Trinajstić information content (AvgIpc) is 2.85. The Kier molecular flexibility index (Phi) is 5.92. The van der Waals surface area contributed by atoms with Gasteiger partial charge in [0.05, 0.1) is 0 Å². The molecular weight excluding hydrogens is 352 g/mol. The standard InChI is InChI=1S/C14H20N2O2S3Si/c1-22(2,3)10-9-20-12-6-4-5-11(16(12)18)13(17)15-7-8-21-14(15)19/h4-6H,7-10H2,1-3H3. The molecule has 2 rings (SSSR count). The maximum atomic E-state index is 12.5. The van der Waals surface area contributed by atoms with Gasteiger partial charge in [-0.1, -0.05) is 55.4 Å². The molecule has 0 unspecified atom stereocenters. The Bertz CT molecular complexity index is 590. The zero-order chi connectivity index (χ0) is 16.3. The van der Waals surface area contributed by atoms with Crippen molar-refractivity contribution in [3.8, 4) is 0 Å². The molecule has 1 aromatic heterocycles. The van der Waals surface area contributed by atoms with Gasteiger partial charge in [-0.05, 0) is 12.1 Å². The van der Waals surface area contributed by atoms with Crippen molar-refractivity contribution in [2.45, 2.75) is 30.7 Å². The highest BCUT2D eigenvalue weighted by atomic mass is 32.2. The van der Waals surface area contributed by atoms with Gasteiger partial charge in [-0.3, -0.25) is 9.69 Å². The number of thioether (sulfide) groups is 2. The number of pyridine rings is 1. The molecule has 2 heterocycles. The molecule has 8 heteroatoms. The summed E-state index contributed by atoms with van der Waals surface area (Å²) in [7, 11) is -1.12. The first-order valence-electron chi connectivity index (χ1n) is 7.13. The van der Waals surface area contributed by atoms with E-state index >= 15 is 0 Å². The SMILES string of the molecule is C[Si](C)(C)CCSc1cccc(C(=O)N2CCSC2=S)[n+]1[O-]. The highest BCUT2D eigenvalue weighted by molar-refractivity contribution is 8.23. The molecule has 0 saturated carbocycles. The molecule has 0 aromatic carbocycles. The van der Waals surface area contributed by atoms with Crippen LogP contribution in [0, 0.1) is 5.21 Å². The van der Waals surface area contributed by atoms with Crippen LogP contribution >= 0.6 is 35.7 Å². The number of nitrogens with zero attached hydrogens (tertiary/aromatic N) is 2. The van der Waals surface area contributed by atoms with Crippen LogP contribution < -0.4 is 4.73 Å². The lowest BCUT2D eigenvalue weighted by atomic mass is 10.3. The van der Waals surface area contributed by atoms with E-state index in [0.717, 1.165) is 22.3 Å². The van der Waals surface area contributed by atoms with Crippen LogP contribution in [0.1, 0.15) is 10.5 Å². The van der Waals surface area contributed by atoms with E-state index in [1.165, 1.54) is 28.4 Å². The molecule has 0 N–H and O–H groups in total. The number of hydrogen-bond donors (Lipinski definition) is 0. The van der Waals surface area contributed by atoms with Crippen LogP contribution in [-0.2, 0) is 0 Å². The minimum Gasteiger partial charge on any atom is -0.617 e. The second-order valence-electron chi connectivity index (χ2n) is 6.27. The summed E-state index contributed by atoms with van der Waals surface area (Å²) in [5, 5.41) is 13.0. The quantitative estimate of drug-likeness (QED) is 0.261. The summed E-state index contributed by atoms with van der Waals surface area (Å²) in [6, 6.07) is 6.26. The van der Waals surface area contributed by atoms with Crippen LogP contribution in [0.2, 0.25) is 25.7 Å². The van der Waals surface area contributed by atoms with Gasteiger partial charge in [-0.15, -0.1) is 0 Å². The molecule has 1 aromatic rings. The van der Waals surface area contributed by atoms with Crippen molar-refractivity contribution in [3.05, 3.63) is 29.1 Å². The van der Waals surface area contributed by atoms with Crippen molar-refractivity contribution >= 4 is 54.0 Å². The minimum atomic E-state index is -1.12. The molecule has 0 bridgehead atoms. The molecule has 0 atom stereocenters. The summed E-state index contributed by atoms with van der Waals surface area (Å²) < 4.78 is 1.31. The van der Waals surface area contributed by atoms with E-state index in [9.17, 15) is 10.0 Å². The van der Waals surface area contributed by atoms with E-state index in [-0.39, 0.29) is 11.6 Å². The van der Waals surface area contributed by atoms with E-state index < -0.39 is 8.07 Å². The molecule has 1 aliphatic rings. The Morgan fingerprint density at radius 2 is 2.23 bits per heavy atom. The number of amides is 1.